The normalized spacial score (nSPS) is 26.2. The summed E-state index contributed by atoms with van der Waals surface area (Å²) in [6, 6.07) is 7.35. The van der Waals surface area contributed by atoms with Crippen LogP contribution in [0.4, 0.5) is 0 Å². The van der Waals surface area contributed by atoms with Crippen LogP contribution in [0.15, 0.2) is 24.3 Å². The van der Waals surface area contributed by atoms with Gasteiger partial charge in [0.1, 0.15) is 31.0 Å². The zero-order chi connectivity index (χ0) is 14.4. The molecule has 0 amide bonds. The van der Waals surface area contributed by atoms with Crippen LogP contribution in [0.2, 0.25) is 0 Å². The van der Waals surface area contributed by atoms with Crippen molar-refractivity contribution in [2.75, 3.05) is 26.2 Å². The van der Waals surface area contributed by atoms with E-state index in [4.69, 9.17) is 9.47 Å². The molecular weight excluding hydrogens is 254 g/mol. The standard InChI is InChI=1S/C16H23NO3/c1-13-10-17(11-14(2)20-13)8-5-9-19-16-7-4-3-6-15(16)12-18/h3-4,6-7,12-14H,5,8-11H2,1-2H3/p+1/t13-,14-/m1/s1. The Bertz CT molecular complexity index is 425. The Labute approximate surface area is 120 Å². The number of quaternary nitrogens is 1. The maximum absolute atomic E-state index is 10.9. The molecule has 0 bridgehead atoms. The van der Waals surface area contributed by atoms with Crippen molar-refractivity contribution in [2.24, 2.45) is 0 Å². The Kier molecular flexibility index (Phi) is 5.56. The lowest BCUT2D eigenvalue weighted by Gasteiger charge is -2.32. The van der Waals surface area contributed by atoms with Gasteiger partial charge in [0.05, 0.1) is 18.7 Å². The van der Waals surface area contributed by atoms with Crippen molar-refractivity contribution in [1.29, 1.82) is 0 Å². The minimum atomic E-state index is 0.338. The van der Waals surface area contributed by atoms with Crippen LogP contribution in [-0.2, 0) is 4.74 Å². The Morgan fingerprint density at radius 3 is 2.70 bits per heavy atom. The molecule has 1 aromatic carbocycles. The zero-order valence-corrected chi connectivity index (χ0v) is 12.3. The summed E-state index contributed by atoms with van der Waals surface area (Å²) in [4.78, 5) is 12.5. The first-order chi connectivity index (χ1) is 9.69. The van der Waals surface area contributed by atoms with Gasteiger partial charge in [0.2, 0.25) is 0 Å². The van der Waals surface area contributed by atoms with E-state index in [-0.39, 0.29) is 0 Å². The number of hydrogen-bond donors (Lipinski definition) is 1. The number of hydrogen-bond acceptors (Lipinski definition) is 3. The molecule has 4 nitrogen and oxygen atoms in total. The molecule has 1 aliphatic rings. The number of para-hydroxylation sites is 1. The fraction of sp³-hybridized carbons (Fsp3) is 0.562. The molecule has 4 heteroatoms. The van der Waals surface area contributed by atoms with Gasteiger partial charge >= 0.3 is 0 Å². The van der Waals surface area contributed by atoms with Gasteiger partial charge in [-0.1, -0.05) is 12.1 Å². The molecule has 1 aromatic rings. The first-order valence-electron chi connectivity index (χ1n) is 7.35. The number of morpholine rings is 1. The summed E-state index contributed by atoms with van der Waals surface area (Å²) in [6.07, 6.45) is 2.50. The smallest absolute Gasteiger partial charge is 0.153 e. The van der Waals surface area contributed by atoms with E-state index in [9.17, 15) is 4.79 Å². The molecule has 1 fully saturated rings. The summed E-state index contributed by atoms with van der Waals surface area (Å²) in [6.45, 7) is 8.13. The monoisotopic (exact) mass is 278 g/mol. The summed E-state index contributed by atoms with van der Waals surface area (Å²) < 4.78 is 11.4. The van der Waals surface area contributed by atoms with Crippen LogP contribution in [0.25, 0.3) is 0 Å². The number of rotatable bonds is 6. The molecule has 1 aliphatic heterocycles. The number of nitrogens with one attached hydrogen (secondary N) is 1. The average Bonchev–Trinajstić information content (AvgIpc) is 2.43. The maximum Gasteiger partial charge on any atom is 0.153 e. The van der Waals surface area contributed by atoms with Gasteiger partial charge in [-0.25, -0.2) is 0 Å². The number of aldehydes is 1. The third-order valence-electron chi connectivity index (χ3n) is 3.60. The molecule has 2 rings (SSSR count). The predicted molar refractivity (Wildman–Crippen MR) is 77.5 cm³/mol. The topological polar surface area (TPSA) is 40.0 Å². The van der Waals surface area contributed by atoms with Crippen LogP contribution in [0.3, 0.4) is 0 Å². The fourth-order valence-electron chi connectivity index (χ4n) is 2.81. The van der Waals surface area contributed by atoms with Crippen molar-refractivity contribution < 1.29 is 19.2 Å². The van der Waals surface area contributed by atoms with E-state index in [0.717, 1.165) is 32.3 Å². The summed E-state index contributed by atoms with van der Waals surface area (Å²) in [5.74, 6) is 0.682. The van der Waals surface area contributed by atoms with Crippen LogP contribution >= 0.6 is 0 Å². The van der Waals surface area contributed by atoms with Crippen LogP contribution in [-0.4, -0.2) is 44.7 Å². The van der Waals surface area contributed by atoms with E-state index >= 15 is 0 Å². The average molecular weight is 278 g/mol. The Morgan fingerprint density at radius 2 is 2.00 bits per heavy atom. The van der Waals surface area contributed by atoms with Crippen LogP contribution in [0.1, 0.15) is 30.6 Å². The van der Waals surface area contributed by atoms with E-state index in [0.29, 0.717) is 30.1 Å². The van der Waals surface area contributed by atoms with Crippen LogP contribution in [0.5, 0.6) is 5.75 Å². The molecule has 0 unspecified atom stereocenters. The first kappa shape index (κ1) is 15.0. The third-order valence-corrected chi connectivity index (χ3v) is 3.60. The second-order valence-electron chi connectivity index (χ2n) is 5.52. The Balaban J connectivity index is 1.72. The van der Waals surface area contributed by atoms with Crippen LogP contribution in [0, 0.1) is 0 Å². The highest BCUT2D eigenvalue weighted by Gasteiger charge is 2.24. The van der Waals surface area contributed by atoms with E-state index in [1.807, 2.05) is 18.2 Å². The number of ether oxygens (including phenoxy) is 2. The number of carbonyl (C=O) groups excluding carboxylic acids is 1. The minimum absolute atomic E-state index is 0.338. The second-order valence-corrected chi connectivity index (χ2v) is 5.52. The highest BCUT2D eigenvalue weighted by molar-refractivity contribution is 5.79. The summed E-state index contributed by atoms with van der Waals surface area (Å²) in [5, 5.41) is 0. The van der Waals surface area contributed by atoms with E-state index in [1.54, 1.807) is 11.0 Å². The Hall–Kier alpha value is -1.39. The second kappa shape index (κ2) is 7.41. The van der Waals surface area contributed by atoms with Gasteiger partial charge in [0.25, 0.3) is 0 Å². The van der Waals surface area contributed by atoms with Gasteiger partial charge in [-0.3, -0.25) is 4.79 Å². The lowest BCUT2D eigenvalue weighted by Crippen LogP contribution is -3.15. The lowest BCUT2D eigenvalue weighted by molar-refractivity contribution is -0.915. The molecule has 20 heavy (non-hydrogen) atoms. The van der Waals surface area contributed by atoms with Crippen molar-refractivity contribution in [1.82, 2.24) is 0 Å². The van der Waals surface area contributed by atoms with Gasteiger partial charge in [-0.15, -0.1) is 0 Å². The summed E-state index contributed by atoms with van der Waals surface area (Å²) in [5.41, 5.74) is 0.619. The highest BCUT2D eigenvalue weighted by Crippen LogP contribution is 2.15. The molecule has 110 valence electrons. The molecule has 1 saturated heterocycles. The van der Waals surface area contributed by atoms with Gasteiger partial charge in [0, 0.05) is 6.42 Å². The largest absolute Gasteiger partial charge is 0.493 e. The van der Waals surface area contributed by atoms with Gasteiger partial charge in [0.15, 0.2) is 6.29 Å². The molecule has 0 saturated carbocycles. The number of carbonyl (C=O) groups is 1. The fourth-order valence-corrected chi connectivity index (χ4v) is 2.81. The van der Waals surface area contributed by atoms with Crippen molar-refractivity contribution in [3.8, 4) is 5.75 Å². The molecule has 2 atom stereocenters. The van der Waals surface area contributed by atoms with Crippen LogP contribution < -0.4 is 9.64 Å². The van der Waals surface area contributed by atoms with Gasteiger partial charge in [-0.05, 0) is 26.0 Å². The third kappa shape index (κ3) is 4.32. The zero-order valence-electron chi connectivity index (χ0n) is 12.3. The number of benzene rings is 1. The van der Waals surface area contributed by atoms with E-state index < -0.39 is 0 Å². The van der Waals surface area contributed by atoms with E-state index in [2.05, 4.69) is 13.8 Å². The minimum Gasteiger partial charge on any atom is -0.493 e. The molecule has 1 heterocycles. The van der Waals surface area contributed by atoms with Crippen molar-refractivity contribution in [2.45, 2.75) is 32.5 Å². The highest BCUT2D eigenvalue weighted by atomic mass is 16.5. The molecule has 0 radical (unpaired) electrons. The lowest BCUT2D eigenvalue weighted by atomic mass is 10.2. The van der Waals surface area contributed by atoms with Crippen molar-refractivity contribution in [3.05, 3.63) is 29.8 Å². The molecule has 0 spiro atoms. The summed E-state index contributed by atoms with van der Waals surface area (Å²) >= 11 is 0. The SMILES string of the molecule is C[C@@H]1C[NH+](CCCOc2ccccc2C=O)C[C@@H](C)O1. The van der Waals surface area contributed by atoms with Gasteiger partial charge < -0.3 is 14.4 Å². The first-order valence-corrected chi connectivity index (χ1v) is 7.35. The van der Waals surface area contributed by atoms with Gasteiger partial charge in [-0.2, -0.15) is 0 Å². The molecular formula is C16H24NO3+. The predicted octanol–water partition coefficient (Wildman–Crippen LogP) is 0.960. The summed E-state index contributed by atoms with van der Waals surface area (Å²) in [7, 11) is 0. The van der Waals surface area contributed by atoms with Crippen molar-refractivity contribution in [3.63, 3.8) is 0 Å². The quantitative estimate of drug-likeness (QED) is 0.622. The van der Waals surface area contributed by atoms with Crippen molar-refractivity contribution >= 4 is 6.29 Å². The Morgan fingerprint density at radius 1 is 1.30 bits per heavy atom. The molecule has 0 aliphatic carbocycles. The van der Waals surface area contributed by atoms with E-state index in [1.165, 1.54) is 0 Å². The molecule has 1 N–H and O–H groups in total. The maximum atomic E-state index is 10.9. The molecule has 0 aromatic heterocycles.